The molecule has 1 N–H and O–H groups in total. The second-order valence-corrected chi connectivity index (χ2v) is 8.50. The summed E-state index contributed by atoms with van der Waals surface area (Å²) in [5.41, 5.74) is 0.161. The van der Waals surface area contributed by atoms with Crippen LogP contribution in [0.25, 0.3) is 0 Å². The Balaban J connectivity index is 1.88. The van der Waals surface area contributed by atoms with Crippen LogP contribution in [0, 0.1) is 5.92 Å². The van der Waals surface area contributed by atoms with Gasteiger partial charge in [-0.25, -0.2) is 4.98 Å². The molecule has 3 nitrogen and oxygen atoms in total. The first-order valence-electron chi connectivity index (χ1n) is 8.31. The Kier molecular flexibility index (Phi) is 5.67. The van der Waals surface area contributed by atoms with Gasteiger partial charge in [0.25, 0.3) is 0 Å². The summed E-state index contributed by atoms with van der Waals surface area (Å²) in [7, 11) is 2.22. The fourth-order valence-corrected chi connectivity index (χ4v) is 3.87. The normalized spacial score (nSPS) is 23.3. The van der Waals surface area contributed by atoms with Crippen molar-refractivity contribution in [2.75, 3.05) is 11.9 Å². The molecule has 1 aromatic heterocycles. The number of nitrogens with zero attached hydrogens (tertiary/aromatic N) is 2. The minimum Gasteiger partial charge on any atom is -0.348 e. The largest absolute Gasteiger partial charge is 0.348 e. The fraction of sp³-hybridized carbons (Fsp3) is 0.824. The van der Waals surface area contributed by atoms with Gasteiger partial charge in [0.1, 0.15) is 0 Å². The number of hydrogen-bond acceptors (Lipinski definition) is 4. The summed E-state index contributed by atoms with van der Waals surface area (Å²) in [6.07, 6.45) is 8.79. The van der Waals surface area contributed by atoms with Gasteiger partial charge in [-0.05, 0) is 52.4 Å². The number of thiazole rings is 1. The first-order valence-corrected chi connectivity index (χ1v) is 9.13. The standard InChI is InChI=1S/C17H31N3S/c1-6-13-7-9-14(10-8-13)20(5)16-18-11-15(21-16)12-19-17(2,3)4/h11,13-14,19H,6-10,12H2,1-5H3. The van der Waals surface area contributed by atoms with Crippen molar-refractivity contribution in [1.29, 1.82) is 0 Å². The van der Waals surface area contributed by atoms with Gasteiger partial charge in [0.05, 0.1) is 0 Å². The van der Waals surface area contributed by atoms with Crippen molar-refractivity contribution in [3.05, 3.63) is 11.1 Å². The molecule has 0 bridgehead atoms. The molecule has 0 amide bonds. The highest BCUT2D eigenvalue weighted by Gasteiger charge is 2.24. The summed E-state index contributed by atoms with van der Waals surface area (Å²) in [5.74, 6) is 0.956. The summed E-state index contributed by atoms with van der Waals surface area (Å²) in [4.78, 5) is 8.38. The predicted octanol–water partition coefficient (Wildman–Crippen LogP) is 4.44. The molecular weight excluding hydrogens is 278 g/mol. The van der Waals surface area contributed by atoms with Crippen LogP contribution in [0.1, 0.15) is 64.7 Å². The maximum absolute atomic E-state index is 4.64. The molecule has 0 aromatic carbocycles. The molecule has 2 rings (SSSR count). The molecule has 0 unspecified atom stereocenters. The molecule has 21 heavy (non-hydrogen) atoms. The molecule has 0 atom stereocenters. The van der Waals surface area contributed by atoms with Crippen LogP contribution >= 0.6 is 11.3 Å². The molecule has 1 saturated carbocycles. The number of rotatable bonds is 5. The molecule has 0 aliphatic heterocycles. The zero-order valence-electron chi connectivity index (χ0n) is 14.3. The van der Waals surface area contributed by atoms with E-state index in [9.17, 15) is 0 Å². The SMILES string of the molecule is CCC1CCC(N(C)c2ncc(CNC(C)(C)C)s2)CC1. The summed E-state index contributed by atoms with van der Waals surface area (Å²) < 4.78 is 0. The van der Waals surface area contributed by atoms with Crippen LogP contribution in [0.4, 0.5) is 5.13 Å². The van der Waals surface area contributed by atoms with Gasteiger partial charge in [-0.1, -0.05) is 13.3 Å². The zero-order valence-corrected chi connectivity index (χ0v) is 15.1. The first kappa shape index (κ1) is 16.8. The quantitative estimate of drug-likeness (QED) is 0.871. The van der Waals surface area contributed by atoms with Crippen molar-refractivity contribution in [3.63, 3.8) is 0 Å². The molecule has 0 radical (unpaired) electrons. The van der Waals surface area contributed by atoms with Gasteiger partial charge in [0, 0.05) is 36.2 Å². The first-order chi connectivity index (χ1) is 9.89. The molecule has 1 fully saturated rings. The Labute approximate surface area is 134 Å². The van der Waals surface area contributed by atoms with Gasteiger partial charge in [-0.3, -0.25) is 0 Å². The van der Waals surface area contributed by atoms with Crippen LogP contribution in [0.15, 0.2) is 6.20 Å². The van der Waals surface area contributed by atoms with Crippen LogP contribution in [-0.4, -0.2) is 23.6 Å². The topological polar surface area (TPSA) is 28.2 Å². The second-order valence-electron chi connectivity index (χ2n) is 7.41. The van der Waals surface area contributed by atoms with Crippen LogP contribution < -0.4 is 10.2 Å². The van der Waals surface area contributed by atoms with E-state index in [1.165, 1.54) is 42.1 Å². The molecule has 4 heteroatoms. The molecule has 120 valence electrons. The number of hydrogen-bond donors (Lipinski definition) is 1. The third-order valence-corrected chi connectivity index (χ3v) is 5.67. The predicted molar refractivity (Wildman–Crippen MR) is 93.1 cm³/mol. The van der Waals surface area contributed by atoms with Crippen molar-refractivity contribution in [1.82, 2.24) is 10.3 Å². The van der Waals surface area contributed by atoms with E-state index in [1.54, 1.807) is 0 Å². The maximum Gasteiger partial charge on any atom is 0.185 e. The third kappa shape index (κ3) is 4.96. The lowest BCUT2D eigenvalue weighted by Gasteiger charge is -2.34. The van der Waals surface area contributed by atoms with Gasteiger partial charge in [0.15, 0.2) is 5.13 Å². The van der Waals surface area contributed by atoms with Gasteiger partial charge in [0.2, 0.25) is 0 Å². The minimum absolute atomic E-state index is 0.161. The number of aromatic nitrogens is 1. The van der Waals surface area contributed by atoms with Gasteiger partial charge >= 0.3 is 0 Å². The summed E-state index contributed by atoms with van der Waals surface area (Å²) in [6, 6.07) is 0.683. The molecular formula is C17H31N3S. The van der Waals surface area contributed by atoms with Gasteiger partial charge in [-0.2, -0.15) is 0 Å². The lowest BCUT2D eigenvalue weighted by Crippen LogP contribution is -2.35. The Bertz CT molecular complexity index is 427. The fourth-order valence-electron chi connectivity index (χ4n) is 2.99. The molecule has 0 spiro atoms. The Hall–Kier alpha value is -0.610. The monoisotopic (exact) mass is 309 g/mol. The molecule has 1 aliphatic carbocycles. The van der Waals surface area contributed by atoms with Gasteiger partial charge in [-0.15, -0.1) is 11.3 Å². The zero-order chi connectivity index (χ0) is 15.5. The molecule has 1 aliphatic rings. The van der Waals surface area contributed by atoms with Crippen molar-refractivity contribution in [2.24, 2.45) is 5.92 Å². The summed E-state index contributed by atoms with van der Waals surface area (Å²) >= 11 is 1.83. The number of nitrogens with one attached hydrogen (secondary N) is 1. The summed E-state index contributed by atoms with van der Waals surface area (Å²) in [5, 5.41) is 4.72. The Morgan fingerprint density at radius 2 is 1.95 bits per heavy atom. The van der Waals surface area contributed by atoms with Crippen LogP contribution in [0.5, 0.6) is 0 Å². The van der Waals surface area contributed by atoms with Crippen molar-refractivity contribution in [2.45, 2.75) is 77.9 Å². The Morgan fingerprint density at radius 3 is 2.52 bits per heavy atom. The van der Waals surface area contributed by atoms with Crippen LogP contribution in [0.3, 0.4) is 0 Å². The lowest BCUT2D eigenvalue weighted by molar-refractivity contribution is 0.313. The van der Waals surface area contributed by atoms with Crippen LogP contribution in [-0.2, 0) is 6.54 Å². The highest BCUT2D eigenvalue weighted by Crippen LogP contribution is 2.32. The molecule has 1 heterocycles. The van der Waals surface area contributed by atoms with E-state index in [1.807, 2.05) is 17.5 Å². The second kappa shape index (κ2) is 7.10. The van der Waals surface area contributed by atoms with E-state index < -0.39 is 0 Å². The highest BCUT2D eigenvalue weighted by atomic mass is 32.1. The van der Waals surface area contributed by atoms with Crippen LogP contribution in [0.2, 0.25) is 0 Å². The van der Waals surface area contributed by atoms with E-state index in [0.29, 0.717) is 6.04 Å². The smallest absolute Gasteiger partial charge is 0.185 e. The van der Waals surface area contributed by atoms with Crippen molar-refractivity contribution in [3.8, 4) is 0 Å². The van der Waals surface area contributed by atoms with Gasteiger partial charge < -0.3 is 10.2 Å². The molecule has 1 aromatic rings. The van der Waals surface area contributed by atoms with E-state index in [0.717, 1.165) is 12.5 Å². The van der Waals surface area contributed by atoms with E-state index in [2.05, 4.69) is 49.9 Å². The highest BCUT2D eigenvalue weighted by molar-refractivity contribution is 7.15. The minimum atomic E-state index is 0.161. The van der Waals surface area contributed by atoms with Crippen molar-refractivity contribution < 1.29 is 0 Å². The number of anilines is 1. The van der Waals surface area contributed by atoms with E-state index >= 15 is 0 Å². The summed E-state index contributed by atoms with van der Waals surface area (Å²) in [6.45, 7) is 9.84. The average Bonchev–Trinajstić information content (AvgIpc) is 2.93. The average molecular weight is 310 g/mol. The maximum atomic E-state index is 4.64. The lowest BCUT2D eigenvalue weighted by atomic mass is 9.84. The molecule has 0 saturated heterocycles. The van der Waals surface area contributed by atoms with Crippen molar-refractivity contribution >= 4 is 16.5 Å². The Morgan fingerprint density at radius 1 is 1.29 bits per heavy atom. The third-order valence-electron chi connectivity index (χ3n) is 4.58. The van der Waals surface area contributed by atoms with E-state index in [-0.39, 0.29) is 5.54 Å². The van der Waals surface area contributed by atoms with E-state index in [4.69, 9.17) is 0 Å².